The molecule has 0 radical (unpaired) electrons. The number of benzene rings is 3. The summed E-state index contributed by atoms with van der Waals surface area (Å²) >= 11 is 0. The van der Waals surface area contributed by atoms with Crippen LogP contribution in [-0.2, 0) is 16.0 Å². The molecule has 0 aliphatic carbocycles. The van der Waals surface area contributed by atoms with Crippen molar-refractivity contribution in [3.05, 3.63) is 72.3 Å². The van der Waals surface area contributed by atoms with Gasteiger partial charge in [-0.3, -0.25) is 4.79 Å². The van der Waals surface area contributed by atoms with E-state index in [9.17, 15) is 4.79 Å². The number of methoxy groups -OCH3 is 1. The summed E-state index contributed by atoms with van der Waals surface area (Å²) in [5, 5.41) is 5.47. The first-order chi connectivity index (χ1) is 14.2. The molecule has 4 rings (SSSR count). The zero-order chi connectivity index (χ0) is 20.1. The molecule has 1 N–H and O–H groups in total. The van der Waals surface area contributed by atoms with Crippen molar-refractivity contribution in [3.63, 3.8) is 0 Å². The van der Waals surface area contributed by atoms with Crippen LogP contribution < -0.4 is 10.2 Å². The molecule has 1 heterocycles. The number of amides is 1. The first-order valence-corrected chi connectivity index (χ1v) is 10.4. The molecule has 1 atom stereocenters. The summed E-state index contributed by atoms with van der Waals surface area (Å²) in [5.74, 6) is 0.0445. The Bertz CT molecular complexity index is 963. The van der Waals surface area contributed by atoms with Gasteiger partial charge in [0.2, 0.25) is 5.91 Å². The van der Waals surface area contributed by atoms with Crippen molar-refractivity contribution < 1.29 is 9.53 Å². The number of rotatable bonds is 6. The van der Waals surface area contributed by atoms with Crippen LogP contribution in [0.15, 0.2) is 66.7 Å². The molecule has 29 heavy (non-hydrogen) atoms. The number of anilines is 2. The number of fused-ring (bicyclic) bond motifs is 1. The Kier molecular flexibility index (Phi) is 6.11. The fourth-order valence-corrected chi connectivity index (χ4v) is 4.10. The molecule has 4 nitrogen and oxygen atoms in total. The number of nitrogens with zero attached hydrogens (tertiary/aromatic N) is 1. The maximum absolute atomic E-state index is 12.5. The number of carbonyl (C=O) groups excluding carboxylic acids is 1. The van der Waals surface area contributed by atoms with Gasteiger partial charge in [-0.1, -0.05) is 42.5 Å². The summed E-state index contributed by atoms with van der Waals surface area (Å²) in [5.41, 5.74) is 3.24. The van der Waals surface area contributed by atoms with Crippen LogP contribution in [0.4, 0.5) is 11.4 Å². The maximum Gasteiger partial charge on any atom is 0.224 e. The number of hydrogen-bond acceptors (Lipinski definition) is 3. The van der Waals surface area contributed by atoms with Crippen molar-refractivity contribution in [1.29, 1.82) is 0 Å². The molecule has 1 unspecified atom stereocenters. The van der Waals surface area contributed by atoms with E-state index in [4.69, 9.17) is 4.74 Å². The van der Waals surface area contributed by atoms with Gasteiger partial charge < -0.3 is 15.0 Å². The van der Waals surface area contributed by atoms with Crippen molar-refractivity contribution in [1.82, 2.24) is 0 Å². The fourth-order valence-electron chi connectivity index (χ4n) is 4.10. The van der Waals surface area contributed by atoms with E-state index in [1.807, 2.05) is 24.3 Å². The van der Waals surface area contributed by atoms with E-state index in [0.717, 1.165) is 38.0 Å². The molecular weight excluding hydrogens is 360 g/mol. The van der Waals surface area contributed by atoms with Gasteiger partial charge in [0, 0.05) is 38.0 Å². The minimum absolute atomic E-state index is 0.0445. The van der Waals surface area contributed by atoms with E-state index in [0.29, 0.717) is 12.5 Å². The Labute approximate surface area is 172 Å². The highest BCUT2D eigenvalue weighted by Gasteiger charge is 2.19. The Hall–Kier alpha value is -2.85. The zero-order valence-corrected chi connectivity index (χ0v) is 16.9. The van der Waals surface area contributed by atoms with Gasteiger partial charge in [-0.2, -0.15) is 0 Å². The van der Waals surface area contributed by atoms with Crippen LogP contribution >= 0.6 is 0 Å². The van der Waals surface area contributed by atoms with Crippen molar-refractivity contribution >= 4 is 28.1 Å². The van der Waals surface area contributed by atoms with E-state index in [2.05, 4.69) is 52.7 Å². The van der Waals surface area contributed by atoms with Crippen LogP contribution in [0.3, 0.4) is 0 Å². The quantitative estimate of drug-likeness (QED) is 0.644. The molecule has 4 heteroatoms. The second-order valence-electron chi connectivity index (χ2n) is 7.68. The van der Waals surface area contributed by atoms with E-state index < -0.39 is 0 Å². The zero-order valence-electron chi connectivity index (χ0n) is 16.9. The summed E-state index contributed by atoms with van der Waals surface area (Å²) < 4.78 is 5.51. The average molecular weight is 389 g/mol. The predicted molar refractivity (Wildman–Crippen MR) is 120 cm³/mol. The topological polar surface area (TPSA) is 41.6 Å². The molecule has 150 valence electrons. The smallest absolute Gasteiger partial charge is 0.224 e. The summed E-state index contributed by atoms with van der Waals surface area (Å²) in [4.78, 5) is 14.8. The third-order valence-electron chi connectivity index (χ3n) is 5.73. The average Bonchev–Trinajstić information content (AvgIpc) is 2.78. The van der Waals surface area contributed by atoms with Crippen LogP contribution in [0.25, 0.3) is 10.8 Å². The van der Waals surface area contributed by atoms with Gasteiger partial charge >= 0.3 is 0 Å². The molecule has 3 aromatic carbocycles. The molecule has 0 spiro atoms. The number of carbonyl (C=O) groups is 1. The van der Waals surface area contributed by atoms with Gasteiger partial charge in [0.15, 0.2) is 0 Å². The molecule has 0 bridgehead atoms. The summed E-state index contributed by atoms with van der Waals surface area (Å²) in [7, 11) is 1.78. The Balaban J connectivity index is 1.34. The molecule has 1 amide bonds. The van der Waals surface area contributed by atoms with Gasteiger partial charge in [0.05, 0.1) is 6.10 Å². The van der Waals surface area contributed by atoms with Crippen molar-refractivity contribution in [2.75, 3.05) is 30.4 Å². The minimum Gasteiger partial charge on any atom is -0.380 e. The first kappa shape index (κ1) is 19.5. The van der Waals surface area contributed by atoms with Gasteiger partial charge in [0.25, 0.3) is 0 Å². The third-order valence-corrected chi connectivity index (χ3v) is 5.73. The molecule has 1 aliphatic heterocycles. The lowest BCUT2D eigenvalue weighted by molar-refractivity contribution is -0.116. The highest BCUT2D eigenvalue weighted by Crippen LogP contribution is 2.23. The normalized spacial score (nSPS) is 16.7. The first-order valence-electron chi connectivity index (χ1n) is 10.4. The number of ether oxygens (including phenoxy) is 1. The van der Waals surface area contributed by atoms with Gasteiger partial charge in [0.1, 0.15) is 0 Å². The summed E-state index contributed by atoms with van der Waals surface area (Å²) in [6, 6.07) is 22.7. The van der Waals surface area contributed by atoms with Gasteiger partial charge in [-0.05, 0) is 59.9 Å². The Morgan fingerprint density at radius 3 is 2.69 bits per heavy atom. The summed E-state index contributed by atoms with van der Waals surface area (Å²) in [6.45, 7) is 1.98. The van der Waals surface area contributed by atoms with Crippen LogP contribution in [0.2, 0.25) is 0 Å². The SMILES string of the molecule is COC1CCCN(c2ccc(NC(=O)CCc3cccc4ccccc34)cc2)C1. The number of hydrogen-bond donors (Lipinski definition) is 1. The standard InChI is InChI=1S/C25H28N2O2/c1-29-23-9-5-17-27(18-23)22-14-12-21(13-15-22)26-25(28)16-11-20-8-4-7-19-6-2-3-10-24(19)20/h2-4,6-8,10,12-15,23H,5,9,11,16-18H2,1H3,(H,26,28). The molecule has 0 saturated carbocycles. The predicted octanol–water partition coefficient (Wildman–Crippen LogP) is 5.03. The largest absolute Gasteiger partial charge is 0.380 e. The second kappa shape index (κ2) is 9.10. The molecule has 1 aliphatic rings. The lowest BCUT2D eigenvalue weighted by Gasteiger charge is -2.33. The molecule has 1 fully saturated rings. The highest BCUT2D eigenvalue weighted by molar-refractivity contribution is 5.92. The van der Waals surface area contributed by atoms with E-state index in [-0.39, 0.29) is 5.91 Å². The van der Waals surface area contributed by atoms with Crippen LogP contribution in [-0.4, -0.2) is 32.2 Å². The lowest BCUT2D eigenvalue weighted by atomic mass is 10.0. The second-order valence-corrected chi connectivity index (χ2v) is 7.68. The summed E-state index contributed by atoms with van der Waals surface area (Å²) in [6.07, 6.45) is 3.77. The fraction of sp³-hybridized carbons (Fsp3) is 0.320. The monoisotopic (exact) mass is 388 g/mol. The van der Waals surface area contributed by atoms with Crippen LogP contribution in [0, 0.1) is 0 Å². The van der Waals surface area contributed by atoms with E-state index in [1.54, 1.807) is 7.11 Å². The Morgan fingerprint density at radius 2 is 1.86 bits per heavy atom. The Morgan fingerprint density at radius 1 is 1.07 bits per heavy atom. The van der Waals surface area contributed by atoms with Gasteiger partial charge in [-0.25, -0.2) is 0 Å². The molecular formula is C25H28N2O2. The molecule has 1 saturated heterocycles. The van der Waals surface area contributed by atoms with Crippen molar-refractivity contribution in [3.8, 4) is 0 Å². The highest BCUT2D eigenvalue weighted by atomic mass is 16.5. The van der Waals surface area contributed by atoms with Crippen molar-refractivity contribution in [2.45, 2.75) is 31.8 Å². The third kappa shape index (κ3) is 4.77. The maximum atomic E-state index is 12.5. The number of aryl methyl sites for hydroxylation is 1. The van der Waals surface area contributed by atoms with Crippen molar-refractivity contribution in [2.24, 2.45) is 0 Å². The van der Waals surface area contributed by atoms with E-state index in [1.165, 1.54) is 22.0 Å². The number of piperidine rings is 1. The van der Waals surface area contributed by atoms with Crippen LogP contribution in [0.5, 0.6) is 0 Å². The number of nitrogens with one attached hydrogen (secondary N) is 1. The minimum atomic E-state index is 0.0445. The van der Waals surface area contributed by atoms with Crippen LogP contribution in [0.1, 0.15) is 24.8 Å². The molecule has 0 aromatic heterocycles. The lowest BCUT2D eigenvalue weighted by Crippen LogP contribution is -2.39. The molecule has 3 aromatic rings. The van der Waals surface area contributed by atoms with E-state index >= 15 is 0 Å². The van der Waals surface area contributed by atoms with Gasteiger partial charge in [-0.15, -0.1) is 0 Å².